The van der Waals surface area contributed by atoms with Gasteiger partial charge in [0.1, 0.15) is 17.2 Å². The van der Waals surface area contributed by atoms with Gasteiger partial charge in [0.2, 0.25) is 0 Å². The lowest BCUT2D eigenvalue weighted by Crippen LogP contribution is -2.08. The summed E-state index contributed by atoms with van der Waals surface area (Å²) >= 11 is 0. The van der Waals surface area contributed by atoms with E-state index >= 15 is 0 Å². The van der Waals surface area contributed by atoms with E-state index in [1.165, 1.54) is 6.08 Å². The molecule has 3 rings (SSSR count). The summed E-state index contributed by atoms with van der Waals surface area (Å²) in [5, 5.41) is 0. The van der Waals surface area contributed by atoms with Gasteiger partial charge in [-0.15, -0.1) is 0 Å². The van der Waals surface area contributed by atoms with E-state index in [1.54, 1.807) is 48.5 Å². The molecule has 0 spiro atoms. The van der Waals surface area contributed by atoms with Crippen molar-refractivity contribution in [3.8, 4) is 17.2 Å². The number of benzene rings is 3. The van der Waals surface area contributed by atoms with Crippen LogP contribution < -0.4 is 25.7 Å². The molecule has 0 fully saturated rings. The summed E-state index contributed by atoms with van der Waals surface area (Å²) < 4.78 is 22.0. The van der Waals surface area contributed by atoms with Gasteiger partial charge in [0, 0.05) is 17.5 Å². The number of nitrogen functional groups attached to an aromatic ring is 2. The van der Waals surface area contributed by atoms with Crippen LogP contribution in [0.5, 0.6) is 17.2 Å². The van der Waals surface area contributed by atoms with E-state index in [-0.39, 0.29) is 0 Å². The fourth-order valence-electron chi connectivity index (χ4n) is 3.72. The Bertz CT molecular complexity index is 1220. The second kappa shape index (κ2) is 16.5. The molecule has 0 bridgehead atoms. The van der Waals surface area contributed by atoms with Crippen LogP contribution in [0, 0.1) is 0 Å². The van der Waals surface area contributed by atoms with Crippen molar-refractivity contribution in [3.63, 3.8) is 0 Å². The fraction of sp³-hybridized carbons (Fsp3) is 0.312. The minimum Gasteiger partial charge on any atom is -0.494 e. The summed E-state index contributed by atoms with van der Waals surface area (Å²) in [5.41, 5.74) is 13.5. The van der Waals surface area contributed by atoms with Crippen LogP contribution in [0.1, 0.15) is 61.4 Å². The highest BCUT2D eigenvalue weighted by Gasteiger charge is 2.08. The maximum absolute atomic E-state index is 12.1. The lowest BCUT2D eigenvalue weighted by atomic mass is 10.2. The van der Waals surface area contributed by atoms with Crippen LogP contribution in [0.4, 0.5) is 11.4 Å². The van der Waals surface area contributed by atoms with Crippen LogP contribution in [0.25, 0.3) is 6.08 Å². The molecule has 0 amide bonds. The molecule has 0 radical (unpaired) electrons. The molecule has 8 heteroatoms. The standard InChI is InChI=1S/C32H38N2O6/c1-2-3-18-37-29-13-15-30(16-14-29)40-31(35)17-10-24-8-11-28(12-9-24)38-19-6-4-5-7-20-39-32(36)25-21-26(33)23-27(34)22-25/h8-17,21-23H,2-7,18-20,33-34H2,1H3. The Hall–Kier alpha value is -4.46. The van der Waals surface area contributed by atoms with E-state index in [0.29, 0.717) is 42.5 Å². The zero-order valence-corrected chi connectivity index (χ0v) is 23.0. The average molecular weight is 547 g/mol. The predicted octanol–water partition coefficient (Wildman–Crippen LogP) is 6.44. The molecule has 0 atom stereocenters. The number of carbonyl (C=O) groups excluding carboxylic acids is 2. The predicted molar refractivity (Wildman–Crippen MR) is 157 cm³/mol. The maximum atomic E-state index is 12.1. The van der Waals surface area contributed by atoms with Gasteiger partial charge in [-0.1, -0.05) is 25.5 Å². The lowest BCUT2D eigenvalue weighted by Gasteiger charge is -2.08. The number of hydrogen-bond acceptors (Lipinski definition) is 8. The minimum absolute atomic E-state index is 0.345. The Labute approximate surface area is 235 Å². The van der Waals surface area contributed by atoms with Crippen LogP contribution >= 0.6 is 0 Å². The highest BCUT2D eigenvalue weighted by Crippen LogP contribution is 2.19. The number of esters is 2. The van der Waals surface area contributed by atoms with Crippen LogP contribution in [-0.4, -0.2) is 31.8 Å². The number of ether oxygens (including phenoxy) is 4. The molecule has 0 unspecified atom stereocenters. The van der Waals surface area contributed by atoms with Crippen molar-refractivity contribution in [1.82, 2.24) is 0 Å². The Balaban J connectivity index is 1.27. The number of carbonyl (C=O) groups is 2. The average Bonchev–Trinajstić information content (AvgIpc) is 2.94. The van der Waals surface area contributed by atoms with Crippen molar-refractivity contribution in [2.45, 2.75) is 45.4 Å². The van der Waals surface area contributed by atoms with Gasteiger partial charge in [-0.3, -0.25) is 0 Å². The van der Waals surface area contributed by atoms with Gasteiger partial charge in [-0.2, -0.15) is 0 Å². The molecular formula is C32H38N2O6. The normalized spacial score (nSPS) is 10.8. The molecule has 212 valence electrons. The molecule has 0 aliphatic carbocycles. The molecule has 3 aromatic carbocycles. The van der Waals surface area contributed by atoms with Gasteiger partial charge in [-0.05, 0) is 98.3 Å². The van der Waals surface area contributed by atoms with E-state index in [2.05, 4.69) is 6.92 Å². The van der Waals surface area contributed by atoms with Crippen molar-refractivity contribution in [1.29, 1.82) is 0 Å². The molecular weight excluding hydrogens is 508 g/mol. The molecule has 0 saturated heterocycles. The zero-order chi connectivity index (χ0) is 28.6. The van der Waals surface area contributed by atoms with Crippen LogP contribution in [0.2, 0.25) is 0 Å². The molecule has 0 aliphatic rings. The summed E-state index contributed by atoms with van der Waals surface area (Å²) in [7, 11) is 0. The monoisotopic (exact) mass is 546 g/mol. The molecule has 0 aromatic heterocycles. The number of hydrogen-bond donors (Lipinski definition) is 2. The highest BCUT2D eigenvalue weighted by molar-refractivity contribution is 5.91. The van der Waals surface area contributed by atoms with E-state index in [4.69, 9.17) is 30.4 Å². The Morgan fingerprint density at radius 1 is 0.700 bits per heavy atom. The van der Waals surface area contributed by atoms with Gasteiger partial charge in [0.25, 0.3) is 0 Å². The molecule has 8 nitrogen and oxygen atoms in total. The summed E-state index contributed by atoms with van der Waals surface area (Å²) in [4.78, 5) is 24.2. The third kappa shape index (κ3) is 11.1. The molecule has 3 aromatic rings. The first-order valence-electron chi connectivity index (χ1n) is 13.6. The van der Waals surface area contributed by atoms with Crippen molar-refractivity contribution in [2.24, 2.45) is 0 Å². The van der Waals surface area contributed by atoms with Gasteiger partial charge >= 0.3 is 11.9 Å². The van der Waals surface area contributed by atoms with E-state index < -0.39 is 11.9 Å². The topological polar surface area (TPSA) is 123 Å². The quantitative estimate of drug-likeness (QED) is 0.0691. The molecule has 4 N–H and O–H groups in total. The molecule has 0 saturated carbocycles. The number of rotatable bonds is 16. The van der Waals surface area contributed by atoms with Gasteiger partial charge in [0.05, 0.1) is 25.4 Å². The summed E-state index contributed by atoms with van der Waals surface area (Å²) in [6, 6.07) is 19.2. The maximum Gasteiger partial charge on any atom is 0.338 e. The number of unbranched alkanes of at least 4 members (excludes halogenated alkanes) is 4. The molecule has 0 heterocycles. The lowest BCUT2D eigenvalue weighted by molar-refractivity contribution is -0.128. The largest absolute Gasteiger partial charge is 0.494 e. The van der Waals surface area contributed by atoms with Crippen molar-refractivity contribution < 1.29 is 28.5 Å². The van der Waals surface area contributed by atoms with Crippen molar-refractivity contribution in [2.75, 3.05) is 31.3 Å². The second-order valence-electron chi connectivity index (χ2n) is 9.28. The van der Waals surface area contributed by atoms with E-state index in [0.717, 1.165) is 55.6 Å². The summed E-state index contributed by atoms with van der Waals surface area (Å²) in [6.07, 6.45) is 8.70. The second-order valence-corrected chi connectivity index (χ2v) is 9.28. The Morgan fingerprint density at radius 3 is 1.88 bits per heavy atom. The Morgan fingerprint density at radius 2 is 1.25 bits per heavy atom. The smallest absolute Gasteiger partial charge is 0.338 e. The first-order chi connectivity index (χ1) is 19.4. The highest BCUT2D eigenvalue weighted by atomic mass is 16.5. The fourth-order valence-corrected chi connectivity index (χ4v) is 3.72. The van der Waals surface area contributed by atoms with Gasteiger partial charge in [0.15, 0.2) is 0 Å². The van der Waals surface area contributed by atoms with Gasteiger partial charge < -0.3 is 30.4 Å². The first kappa shape index (κ1) is 30.1. The number of anilines is 2. The third-order valence-corrected chi connectivity index (χ3v) is 5.85. The van der Waals surface area contributed by atoms with Crippen molar-refractivity contribution in [3.05, 3.63) is 83.9 Å². The summed E-state index contributed by atoms with van der Waals surface area (Å²) in [6.45, 7) is 3.72. The van der Waals surface area contributed by atoms with Gasteiger partial charge in [-0.25, -0.2) is 9.59 Å². The van der Waals surface area contributed by atoms with E-state index in [9.17, 15) is 9.59 Å². The molecule has 0 aliphatic heterocycles. The van der Waals surface area contributed by atoms with Crippen LogP contribution in [0.3, 0.4) is 0 Å². The summed E-state index contributed by atoms with van der Waals surface area (Å²) in [5.74, 6) is 1.10. The Kier molecular flexibility index (Phi) is 12.4. The van der Waals surface area contributed by atoms with Crippen LogP contribution in [-0.2, 0) is 9.53 Å². The van der Waals surface area contributed by atoms with E-state index in [1.807, 2.05) is 24.3 Å². The van der Waals surface area contributed by atoms with Crippen molar-refractivity contribution >= 4 is 29.4 Å². The number of nitrogens with two attached hydrogens (primary N) is 2. The molecule has 40 heavy (non-hydrogen) atoms. The minimum atomic E-state index is -0.454. The first-order valence-corrected chi connectivity index (χ1v) is 13.6. The van der Waals surface area contributed by atoms with Crippen LogP contribution in [0.15, 0.2) is 72.8 Å². The third-order valence-electron chi connectivity index (χ3n) is 5.85. The SMILES string of the molecule is CCCCOc1ccc(OC(=O)C=Cc2ccc(OCCCCCCOC(=O)c3cc(N)cc(N)c3)cc2)cc1. The zero-order valence-electron chi connectivity index (χ0n) is 23.0.